The smallest absolute Gasteiger partial charge is 0.240 e. The van der Waals surface area contributed by atoms with Crippen molar-refractivity contribution < 1.29 is 8.42 Å². The predicted octanol–water partition coefficient (Wildman–Crippen LogP) is 1.17. The molecule has 2 aliphatic heterocycles. The Bertz CT molecular complexity index is 571. The molecule has 0 radical (unpaired) electrons. The second-order valence-electron chi connectivity index (χ2n) is 5.86. The van der Waals surface area contributed by atoms with Crippen LogP contribution in [0.25, 0.3) is 0 Å². The van der Waals surface area contributed by atoms with Crippen LogP contribution in [0.15, 0.2) is 29.2 Å². The zero-order valence-corrected chi connectivity index (χ0v) is 13.2. The van der Waals surface area contributed by atoms with Crippen molar-refractivity contribution in [1.29, 1.82) is 0 Å². The minimum Gasteiger partial charge on any atom is -0.370 e. The number of rotatable bonds is 4. The van der Waals surface area contributed by atoms with Crippen LogP contribution >= 0.6 is 0 Å². The monoisotopic (exact) mass is 309 g/mol. The highest BCUT2D eigenvalue weighted by molar-refractivity contribution is 7.89. The van der Waals surface area contributed by atoms with Crippen molar-refractivity contribution in [3.63, 3.8) is 0 Å². The van der Waals surface area contributed by atoms with Gasteiger partial charge in [-0.2, -0.15) is 0 Å². The van der Waals surface area contributed by atoms with Gasteiger partial charge in [0.2, 0.25) is 10.0 Å². The number of benzene rings is 1. The van der Waals surface area contributed by atoms with Crippen molar-refractivity contribution in [3.8, 4) is 0 Å². The SMILES string of the molecule is CCNS(=O)(=O)c1ccc(N2C[C@@H]3CCCN[C@@H]3C2)cc1. The number of sulfonamides is 1. The van der Waals surface area contributed by atoms with E-state index in [4.69, 9.17) is 0 Å². The van der Waals surface area contributed by atoms with Gasteiger partial charge in [0.15, 0.2) is 0 Å². The van der Waals surface area contributed by atoms with E-state index in [-0.39, 0.29) is 0 Å². The van der Waals surface area contributed by atoms with Crippen molar-refractivity contribution in [1.82, 2.24) is 10.0 Å². The van der Waals surface area contributed by atoms with Gasteiger partial charge < -0.3 is 10.2 Å². The zero-order chi connectivity index (χ0) is 14.9. The van der Waals surface area contributed by atoms with Crippen LogP contribution in [0.4, 0.5) is 5.69 Å². The summed E-state index contributed by atoms with van der Waals surface area (Å²) in [5.74, 6) is 0.726. The van der Waals surface area contributed by atoms with Gasteiger partial charge in [0.05, 0.1) is 4.90 Å². The fourth-order valence-corrected chi connectivity index (χ4v) is 4.41. The summed E-state index contributed by atoms with van der Waals surface area (Å²) < 4.78 is 26.4. The molecule has 6 heteroatoms. The quantitative estimate of drug-likeness (QED) is 0.876. The second-order valence-corrected chi connectivity index (χ2v) is 7.63. The minimum absolute atomic E-state index is 0.336. The highest BCUT2D eigenvalue weighted by Gasteiger charge is 2.34. The molecule has 0 bridgehead atoms. The van der Waals surface area contributed by atoms with Crippen molar-refractivity contribution in [3.05, 3.63) is 24.3 Å². The van der Waals surface area contributed by atoms with Gasteiger partial charge in [-0.1, -0.05) is 6.92 Å². The lowest BCUT2D eigenvalue weighted by atomic mass is 9.94. The lowest BCUT2D eigenvalue weighted by Gasteiger charge is -2.24. The molecule has 2 fully saturated rings. The number of hydrogen-bond acceptors (Lipinski definition) is 4. The molecule has 0 unspecified atom stereocenters. The van der Waals surface area contributed by atoms with Crippen LogP contribution < -0.4 is 14.9 Å². The van der Waals surface area contributed by atoms with Crippen LogP contribution in [0, 0.1) is 5.92 Å². The molecule has 2 aliphatic rings. The standard InChI is InChI=1S/C15H23N3O2S/c1-2-17-21(19,20)14-7-5-13(6-8-14)18-10-12-4-3-9-16-15(12)11-18/h5-8,12,15-17H,2-4,9-11H2,1H3/t12-,15+/m0/s1. The molecule has 2 heterocycles. The van der Waals surface area contributed by atoms with Crippen LogP contribution in [0.1, 0.15) is 19.8 Å². The van der Waals surface area contributed by atoms with E-state index >= 15 is 0 Å². The third-order valence-corrected chi connectivity index (χ3v) is 6.01. The summed E-state index contributed by atoms with van der Waals surface area (Å²) in [7, 11) is -3.35. The fraction of sp³-hybridized carbons (Fsp3) is 0.600. The van der Waals surface area contributed by atoms with Gasteiger partial charge in [0.25, 0.3) is 0 Å². The van der Waals surface area contributed by atoms with E-state index in [1.54, 1.807) is 19.1 Å². The summed E-state index contributed by atoms with van der Waals surface area (Å²) in [6.45, 7) is 5.39. The molecule has 0 aliphatic carbocycles. The van der Waals surface area contributed by atoms with Crippen LogP contribution in [0.3, 0.4) is 0 Å². The van der Waals surface area contributed by atoms with Gasteiger partial charge in [-0.15, -0.1) is 0 Å². The number of nitrogens with one attached hydrogen (secondary N) is 2. The van der Waals surface area contributed by atoms with Gasteiger partial charge in [-0.3, -0.25) is 0 Å². The molecular formula is C15H23N3O2S. The molecule has 0 aromatic heterocycles. The van der Waals surface area contributed by atoms with E-state index in [1.165, 1.54) is 12.8 Å². The summed E-state index contributed by atoms with van der Waals surface area (Å²) in [6, 6.07) is 7.82. The topological polar surface area (TPSA) is 61.4 Å². The Labute approximate surface area is 126 Å². The second kappa shape index (κ2) is 5.94. The Balaban J connectivity index is 1.73. The predicted molar refractivity (Wildman–Crippen MR) is 84.0 cm³/mol. The van der Waals surface area contributed by atoms with Gasteiger partial charge in [0, 0.05) is 31.4 Å². The van der Waals surface area contributed by atoms with E-state index in [2.05, 4.69) is 14.9 Å². The Morgan fingerprint density at radius 1 is 1.29 bits per heavy atom. The molecule has 2 saturated heterocycles. The van der Waals surface area contributed by atoms with E-state index in [0.717, 1.165) is 31.2 Å². The Kier molecular flexibility index (Phi) is 4.19. The molecule has 21 heavy (non-hydrogen) atoms. The largest absolute Gasteiger partial charge is 0.370 e. The van der Waals surface area contributed by atoms with Crippen LogP contribution in [0.2, 0.25) is 0 Å². The summed E-state index contributed by atoms with van der Waals surface area (Å²) in [4.78, 5) is 2.69. The Morgan fingerprint density at radius 2 is 2.05 bits per heavy atom. The third-order valence-electron chi connectivity index (χ3n) is 4.45. The van der Waals surface area contributed by atoms with E-state index in [0.29, 0.717) is 17.5 Å². The summed E-state index contributed by atoms with van der Waals surface area (Å²) >= 11 is 0. The first-order chi connectivity index (χ1) is 10.1. The lowest BCUT2D eigenvalue weighted by Crippen LogP contribution is -2.40. The fourth-order valence-electron chi connectivity index (χ4n) is 3.37. The first-order valence-corrected chi connectivity index (χ1v) is 9.16. The van der Waals surface area contributed by atoms with Crippen LogP contribution in [-0.4, -0.2) is 40.6 Å². The molecule has 0 saturated carbocycles. The summed E-state index contributed by atoms with van der Waals surface area (Å²) in [5.41, 5.74) is 1.11. The third kappa shape index (κ3) is 3.07. The molecule has 3 rings (SSSR count). The first kappa shape index (κ1) is 14.8. The number of fused-ring (bicyclic) bond motifs is 1. The molecule has 116 valence electrons. The van der Waals surface area contributed by atoms with Gasteiger partial charge in [-0.25, -0.2) is 13.1 Å². The van der Waals surface area contributed by atoms with Gasteiger partial charge in [-0.05, 0) is 49.6 Å². The van der Waals surface area contributed by atoms with Crippen molar-refractivity contribution in [2.45, 2.75) is 30.7 Å². The molecule has 2 atom stereocenters. The normalized spacial score (nSPS) is 25.9. The van der Waals surface area contributed by atoms with Crippen molar-refractivity contribution >= 4 is 15.7 Å². The number of nitrogens with zero attached hydrogens (tertiary/aromatic N) is 1. The molecule has 1 aromatic rings. The average molecular weight is 309 g/mol. The maximum absolute atomic E-state index is 11.9. The zero-order valence-electron chi connectivity index (χ0n) is 12.4. The van der Waals surface area contributed by atoms with Crippen LogP contribution in [0.5, 0.6) is 0 Å². The summed E-state index contributed by atoms with van der Waals surface area (Å²) in [5, 5.41) is 3.59. The van der Waals surface area contributed by atoms with E-state index < -0.39 is 10.0 Å². The van der Waals surface area contributed by atoms with E-state index in [1.807, 2.05) is 12.1 Å². The van der Waals surface area contributed by atoms with Crippen molar-refractivity contribution in [2.24, 2.45) is 5.92 Å². The Hall–Kier alpha value is -1.11. The Morgan fingerprint density at radius 3 is 2.71 bits per heavy atom. The number of anilines is 1. The minimum atomic E-state index is -3.35. The maximum Gasteiger partial charge on any atom is 0.240 e. The average Bonchev–Trinajstić information content (AvgIpc) is 2.91. The number of hydrogen-bond donors (Lipinski definition) is 2. The lowest BCUT2D eigenvalue weighted by molar-refractivity contribution is 0.340. The van der Waals surface area contributed by atoms with E-state index in [9.17, 15) is 8.42 Å². The molecule has 1 aromatic carbocycles. The highest BCUT2D eigenvalue weighted by Crippen LogP contribution is 2.29. The first-order valence-electron chi connectivity index (χ1n) is 7.68. The van der Waals surface area contributed by atoms with Crippen molar-refractivity contribution in [2.75, 3.05) is 31.1 Å². The maximum atomic E-state index is 11.9. The number of piperidine rings is 1. The molecule has 5 nitrogen and oxygen atoms in total. The molecule has 0 amide bonds. The molecule has 0 spiro atoms. The van der Waals surface area contributed by atoms with Crippen LogP contribution in [-0.2, 0) is 10.0 Å². The highest BCUT2D eigenvalue weighted by atomic mass is 32.2. The molecule has 2 N–H and O–H groups in total. The summed E-state index contributed by atoms with van der Waals surface area (Å²) in [6.07, 6.45) is 2.55. The van der Waals surface area contributed by atoms with Gasteiger partial charge >= 0.3 is 0 Å². The van der Waals surface area contributed by atoms with Gasteiger partial charge in [0.1, 0.15) is 0 Å². The molecular weight excluding hydrogens is 286 g/mol.